The summed E-state index contributed by atoms with van der Waals surface area (Å²) in [4.78, 5) is 0. The molecule has 3 saturated carbocycles. The molecule has 112 valence electrons. The van der Waals surface area contributed by atoms with Gasteiger partial charge in [0.1, 0.15) is 0 Å². The second-order valence-corrected chi connectivity index (χ2v) is 8.78. The summed E-state index contributed by atoms with van der Waals surface area (Å²) >= 11 is 3.61. The Hall–Kier alpha value is -0.340. The van der Waals surface area contributed by atoms with Crippen LogP contribution < -0.4 is 5.32 Å². The van der Waals surface area contributed by atoms with Gasteiger partial charge in [-0.3, -0.25) is 0 Å². The van der Waals surface area contributed by atoms with Crippen LogP contribution in [-0.2, 0) is 6.42 Å². The van der Waals surface area contributed by atoms with E-state index >= 15 is 0 Å². The zero-order chi connectivity index (χ0) is 14.0. The normalized spacial score (nSPS) is 43.3. The summed E-state index contributed by atoms with van der Waals surface area (Å²) in [6, 6.07) is 8.32. The van der Waals surface area contributed by atoms with Gasteiger partial charge in [0.25, 0.3) is 0 Å². The molecule has 3 fully saturated rings. The molecule has 2 bridgehead atoms. The molecule has 0 aliphatic heterocycles. The molecule has 0 spiro atoms. The van der Waals surface area contributed by atoms with Crippen molar-refractivity contribution in [2.75, 3.05) is 0 Å². The predicted octanol–water partition coefficient (Wildman–Crippen LogP) is 4.85. The van der Waals surface area contributed by atoms with Crippen molar-refractivity contribution in [1.29, 1.82) is 0 Å². The van der Waals surface area contributed by atoms with Gasteiger partial charge in [-0.2, -0.15) is 0 Å². The number of nitrogens with one attached hydrogen (secondary N) is 1. The predicted molar refractivity (Wildman–Crippen MR) is 89.2 cm³/mol. The summed E-state index contributed by atoms with van der Waals surface area (Å²) in [5, 5.41) is 4.08. The lowest BCUT2D eigenvalue weighted by molar-refractivity contribution is 0.197. The van der Waals surface area contributed by atoms with E-state index in [0.717, 1.165) is 29.7 Å². The molecule has 6 atom stereocenters. The number of hydrogen-bond acceptors (Lipinski definition) is 1. The molecule has 0 aromatic heterocycles. The number of halogens is 1. The van der Waals surface area contributed by atoms with Gasteiger partial charge in [0.05, 0.1) is 0 Å². The van der Waals surface area contributed by atoms with E-state index in [1.807, 2.05) is 0 Å². The lowest BCUT2D eigenvalue weighted by Crippen LogP contribution is -2.40. The maximum absolute atomic E-state index is 4.08. The molecule has 1 aromatic carbocycles. The van der Waals surface area contributed by atoms with Crippen molar-refractivity contribution in [2.24, 2.45) is 23.7 Å². The fraction of sp³-hybridized carbons (Fsp3) is 0.684. The second kappa shape index (κ2) is 4.83. The fourth-order valence-electron chi connectivity index (χ4n) is 6.28. The summed E-state index contributed by atoms with van der Waals surface area (Å²) in [5.41, 5.74) is 3.13. The molecule has 2 heteroatoms. The van der Waals surface area contributed by atoms with Crippen LogP contribution in [0.25, 0.3) is 0 Å². The summed E-state index contributed by atoms with van der Waals surface area (Å²) in [5.74, 6) is 4.25. The van der Waals surface area contributed by atoms with E-state index in [0.29, 0.717) is 6.04 Å². The van der Waals surface area contributed by atoms with Crippen LogP contribution in [0.1, 0.15) is 55.7 Å². The Morgan fingerprint density at radius 2 is 1.90 bits per heavy atom. The van der Waals surface area contributed by atoms with Gasteiger partial charge in [0.2, 0.25) is 0 Å². The Morgan fingerprint density at radius 3 is 2.86 bits per heavy atom. The first-order valence-electron chi connectivity index (χ1n) is 8.84. The zero-order valence-corrected chi connectivity index (χ0v) is 14.1. The number of benzene rings is 1. The molecule has 4 aliphatic carbocycles. The van der Waals surface area contributed by atoms with Crippen molar-refractivity contribution in [2.45, 2.75) is 57.0 Å². The van der Waals surface area contributed by atoms with Crippen LogP contribution in [0.3, 0.4) is 0 Å². The average Bonchev–Trinajstić information content (AvgIpc) is 3.19. The van der Waals surface area contributed by atoms with E-state index in [2.05, 4.69) is 39.4 Å². The van der Waals surface area contributed by atoms with Gasteiger partial charge in [0.15, 0.2) is 0 Å². The molecule has 1 N–H and O–H groups in total. The Balaban J connectivity index is 1.34. The Labute approximate surface area is 136 Å². The molecule has 4 aliphatic rings. The van der Waals surface area contributed by atoms with Crippen molar-refractivity contribution in [3.05, 3.63) is 33.8 Å². The largest absolute Gasteiger partial charge is 0.307 e. The zero-order valence-electron chi connectivity index (χ0n) is 12.5. The first-order valence-corrected chi connectivity index (χ1v) is 9.63. The first kappa shape index (κ1) is 13.1. The summed E-state index contributed by atoms with van der Waals surface area (Å²) in [6.07, 6.45) is 10.1. The van der Waals surface area contributed by atoms with Gasteiger partial charge < -0.3 is 5.32 Å². The highest BCUT2D eigenvalue weighted by Crippen LogP contribution is 2.59. The van der Waals surface area contributed by atoms with Crippen molar-refractivity contribution in [1.82, 2.24) is 5.32 Å². The molecule has 5 rings (SSSR count). The molecule has 0 amide bonds. The van der Waals surface area contributed by atoms with Crippen molar-refractivity contribution < 1.29 is 0 Å². The lowest BCUT2D eigenvalue weighted by atomic mass is 9.79. The molecule has 0 heterocycles. The van der Waals surface area contributed by atoms with Gasteiger partial charge >= 0.3 is 0 Å². The maximum Gasteiger partial charge on any atom is 0.0328 e. The van der Waals surface area contributed by atoms with Gasteiger partial charge in [-0.15, -0.1) is 0 Å². The summed E-state index contributed by atoms with van der Waals surface area (Å²) in [7, 11) is 0. The number of aryl methyl sites for hydroxylation is 1. The third kappa shape index (κ3) is 1.98. The maximum atomic E-state index is 4.08. The van der Waals surface area contributed by atoms with E-state index in [-0.39, 0.29) is 0 Å². The van der Waals surface area contributed by atoms with Crippen molar-refractivity contribution in [3.63, 3.8) is 0 Å². The fourth-order valence-corrected chi connectivity index (χ4v) is 6.69. The van der Waals surface area contributed by atoms with Gasteiger partial charge in [-0.05, 0) is 85.5 Å². The quantitative estimate of drug-likeness (QED) is 0.807. The molecule has 0 saturated heterocycles. The van der Waals surface area contributed by atoms with Crippen LogP contribution in [0.5, 0.6) is 0 Å². The highest BCUT2D eigenvalue weighted by Gasteiger charge is 2.54. The minimum absolute atomic E-state index is 0.623. The lowest BCUT2D eigenvalue weighted by Gasteiger charge is -2.34. The van der Waals surface area contributed by atoms with E-state index in [9.17, 15) is 0 Å². The summed E-state index contributed by atoms with van der Waals surface area (Å²) < 4.78 is 1.23. The van der Waals surface area contributed by atoms with Crippen molar-refractivity contribution >= 4 is 15.9 Å². The number of rotatable bonds is 2. The SMILES string of the molecule is Brc1ccc2c(c1)CCC2NC1CC2CC1C1CCCC21. The van der Waals surface area contributed by atoms with Gasteiger partial charge in [-0.1, -0.05) is 28.4 Å². The van der Waals surface area contributed by atoms with Crippen LogP contribution in [0.2, 0.25) is 0 Å². The smallest absolute Gasteiger partial charge is 0.0328 e. The molecular weight excluding hydrogens is 322 g/mol. The van der Waals surface area contributed by atoms with Crippen LogP contribution in [0, 0.1) is 23.7 Å². The summed E-state index contributed by atoms with van der Waals surface area (Å²) in [6.45, 7) is 0. The van der Waals surface area contributed by atoms with Crippen LogP contribution >= 0.6 is 15.9 Å². The van der Waals surface area contributed by atoms with Gasteiger partial charge in [0, 0.05) is 16.6 Å². The Bertz CT molecular complexity index is 569. The molecule has 1 aromatic rings. The molecule has 21 heavy (non-hydrogen) atoms. The third-order valence-corrected chi connectivity index (χ3v) is 7.52. The minimum atomic E-state index is 0.623. The van der Waals surface area contributed by atoms with Crippen molar-refractivity contribution in [3.8, 4) is 0 Å². The minimum Gasteiger partial charge on any atom is -0.307 e. The van der Waals surface area contributed by atoms with E-state index < -0.39 is 0 Å². The molecular formula is C19H24BrN. The van der Waals surface area contributed by atoms with E-state index in [4.69, 9.17) is 0 Å². The Kier molecular flexibility index (Phi) is 3.02. The van der Waals surface area contributed by atoms with Crippen LogP contribution in [0.4, 0.5) is 0 Å². The topological polar surface area (TPSA) is 12.0 Å². The molecule has 1 nitrogen and oxygen atoms in total. The monoisotopic (exact) mass is 345 g/mol. The number of hydrogen-bond donors (Lipinski definition) is 1. The number of fused-ring (bicyclic) bond motifs is 6. The van der Waals surface area contributed by atoms with Gasteiger partial charge in [-0.25, -0.2) is 0 Å². The molecule has 0 radical (unpaired) electrons. The highest BCUT2D eigenvalue weighted by atomic mass is 79.9. The van der Waals surface area contributed by atoms with E-state index in [1.54, 1.807) is 17.5 Å². The second-order valence-electron chi connectivity index (χ2n) is 7.86. The standard InChI is InChI=1S/C19H24BrN/c20-13-5-6-15-11(8-13)4-7-18(15)21-19-10-12-9-17(19)16-3-1-2-14(12)16/h5-6,8,12,14,16-19,21H,1-4,7,9-10H2. The average molecular weight is 346 g/mol. The van der Waals surface area contributed by atoms with Crippen LogP contribution in [-0.4, -0.2) is 6.04 Å². The third-order valence-electron chi connectivity index (χ3n) is 7.03. The van der Waals surface area contributed by atoms with Crippen LogP contribution in [0.15, 0.2) is 22.7 Å². The molecule has 6 unspecified atom stereocenters. The van der Waals surface area contributed by atoms with E-state index in [1.165, 1.54) is 43.0 Å². The first-order chi connectivity index (χ1) is 10.3. The highest BCUT2D eigenvalue weighted by molar-refractivity contribution is 9.10. The Morgan fingerprint density at radius 1 is 1.00 bits per heavy atom.